The van der Waals surface area contributed by atoms with E-state index < -0.39 is 10.0 Å². The van der Waals surface area contributed by atoms with Gasteiger partial charge in [-0.3, -0.25) is 4.72 Å². The highest BCUT2D eigenvalue weighted by Crippen LogP contribution is 2.31. The molecule has 0 bridgehead atoms. The molecule has 3 aromatic carbocycles. The van der Waals surface area contributed by atoms with Gasteiger partial charge in [-0.15, -0.1) is 0 Å². The molecule has 7 heteroatoms. The first-order chi connectivity index (χ1) is 15.6. The summed E-state index contributed by atoms with van der Waals surface area (Å²) < 4.78 is 36.8. The first kappa shape index (κ1) is 20.3. The van der Waals surface area contributed by atoms with Crippen molar-refractivity contribution < 1.29 is 13.2 Å². The summed E-state index contributed by atoms with van der Waals surface area (Å²) >= 11 is 0. The molecule has 162 valence electrons. The molecule has 1 aliphatic heterocycles. The van der Waals surface area contributed by atoms with Crippen LogP contribution in [-0.2, 0) is 23.0 Å². The van der Waals surface area contributed by atoms with Crippen LogP contribution in [0.5, 0.6) is 11.5 Å². The first-order valence-electron chi connectivity index (χ1n) is 10.6. The number of hydrogen-bond donors (Lipinski definition) is 1. The number of aromatic nitrogens is 2. The smallest absolute Gasteiger partial charge is 0.261 e. The maximum Gasteiger partial charge on any atom is 0.261 e. The lowest BCUT2D eigenvalue weighted by atomic mass is 10.1. The van der Waals surface area contributed by atoms with Crippen molar-refractivity contribution in [3.8, 4) is 22.8 Å². The zero-order valence-electron chi connectivity index (χ0n) is 17.4. The number of benzene rings is 3. The second-order valence-electron chi connectivity index (χ2n) is 7.73. The van der Waals surface area contributed by atoms with Crippen molar-refractivity contribution in [2.75, 3.05) is 4.72 Å². The number of ether oxygens (including phenoxy) is 1. The average molecular weight is 446 g/mol. The molecule has 0 fully saturated rings. The van der Waals surface area contributed by atoms with Gasteiger partial charge < -0.3 is 9.30 Å². The Bertz CT molecular complexity index is 1310. The van der Waals surface area contributed by atoms with Crippen LogP contribution in [0.4, 0.5) is 5.69 Å². The van der Waals surface area contributed by atoms with Crippen molar-refractivity contribution in [1.82, 2.24) is 9.55 Å². The number of nitrogens with one attached hydrogen (secondary N) is 1. The lowest BCUT2D eigenvalue weighted by Crippen LogP contribution is -2.13. The Kier molecular flexibility index (Phi) is 5.41. The van der Waals surface area contributed by atoms with E-state index in [0.717, 1.165) is 42.9 Å². The van der Waals surface area contributed by atoms with Gasteiger partial charge in [-0.25, -0.2) is 13.4 Å². The number of fused-ring (bicyclic) bond motifs is 1. The Morgan fingerprint density at radius 3 is 2.34 bits per heavy atom. The summed E-state index contributed by atoms with van der Waals surface area (Å²) in [5.41, 5.74) is 2.06. The van der Waals surface area contributed by atoms with Crippen molar-refractivity contribution in [2.24, 2.45) is 0 Å². The van der Waals surface area contributed by atoms with Crippen LogP contribution in [-0.4, -0.2) is 18.0 Å². The van der Waals surface area contributed by atoms with E-state index in [9.17, 15) is 8.42 Å². The third-order valence-electron chi connectivity index (χ3n) is 5.47. The molecule has 0 amide bonds. The molecule has 6 nitrogen and oxygen atoms in total. The van der Waals surface area contributed by atoms with E-state index >= 15 is 0 Å². The third kappa shape index (κ3) is 4.24. The van der Waals surface area contributed by atoms with E-state index in [1.54, 1.807) is 30.3 Å². The van der Waals surface area contributed by atoms with E-state index in [-0.39, 0.29) is 4.90 Å². The largest absolute Gasteiger partial charge is 0.457 e. The summed E-state index contributed by atoms with van der Waals surface area (Å²) in [6.07, 6.45) is 5.23. The molecular formula is C25H23N3O3S. The molecule has 5 rings (SSSR count). The van der Waals surface area contributed by atoms with Gasteiger partial charge in [0.2, 0.25) is 0 Å². The SMILES string of the molecule is O=S(=O)(Nc1ccccc1-c1cn2c(n1)CCCC2)c1ccc(Oc2ccccc2)cc1. The number of rotatable bonds is 6. The summed E-state index contributed by atoms with van der Waals surface area (Å²) in [5, 5.41) is 0. The molecule has 1 aliphatic rings. The number of para-hydroxylation sites is 2. The molecule has 1 aromatic heterocycles. The highest BCUT2D eigenvalue weighted by molar-refractivity contribution is 7.92. The molecule has 0 aliphatic carbocycles. The highest BCUT2D eigenvalue weighted by atomic mass is 32.2. The van der Waals surface area contributed by atoms with E-state index in [1.165, 1.54) is 0 Å². The van der Waals surface area contributed by atoms with Crippen LogP contribution in [0.25, 0.3) is 11.3 Å². The summed E-state index contributed by atoms with van der Waals surface area (Å²) in [4.78, 5) is 4.91. The van der Waals surface area contributed by atoms with Gasteiger partial charge in [-0.2, -0.15) is 0 Å². The molecule has 0 radical (unpaired) electrons. The molecule has 32 heavy (non-hydrogen) atoms. The van der Waals surface area contributed by atoms with Crippen molar-refractivity contribution in [1.29, 1.82) is 0 Å². The molecule has 2 heterocycles. The van der Waals surface area contributed by atoms with E-state index in [4.69, 9.17) is 9.72 Å². The maximum absolute atomic E-state index is 13.1. The Morgan fingerprint density at radius 2 is 1.56 bits per heavy atom. The van der Waals surface area contributed by atoms with E-state index in [0.29, 0.717) is 17.2 Å². The van der Waals surface area contributed by atoms with Crippen LogP contribution in [0.3, 0.4) is 0 Å². The monoisotopic (exact) mass is 445 g/mol. The predicted octanol–water partition coefficient (Wildman–Crippen LogP) is 5.48. The number of nitrogens with zero attached hydrogens (tertiary/aromatic N) is 2. The first-order valence-corrected chi connectivity index (χ1v) is 12.1. The van der Waals surface area contributed by atoms with Gasteiger partial charge in [0.15, 0.2) is 0 Å². The molecule has 0 unspecified atom stereocenters. The Morgan fingerprint density at radius 1 is 0.844 bits per heavy atom. The lowest BCUT2D eigenvalue weighted by Gasteiger charge is -2.12. The maximum atomic E-state index is 13.1. The second-order valence-corrected chi connectivity index (χ2v) is 9.41. The number of anilines is 1. The third-order valence-corrected chi connectivity index (χ3v) is 6.85. The molecule has 4 aromatic rings. The second kappa shape index (κ2) is 8.51. The Labute approximate surface area is 187 Å². The Hall–Kier alpha value is -3.58. The molecule has 1 N–H and O–H groups in total. The fraction of sp³-hybridized carbons (Fsp3) is 0.160. The summed E-state index contributed by atoms with van der Waals surface area (Å²) in [7, 11) is -3.78. The lowest BCUT2D eigenvalue weighted by molar-refractivity contribution is 0.482. The summed E-state index contributed by atoms with van der Waals surface area (Å²) in [5.74, 6) is 2.31. The van der Waals surface area contributed by atoms with Crippen LogP contribution in [0.2, 0.25) is 0 Å². The zero-order chi connectivity index (χ0) is 22.0. The van der Waals surface area contributed by atoms with Gasteiger partial charge in [0.25, 0.3) is 10.0 Å². The minimum absolute atomic E-state index is 0.164. The van der Waals surface area contributed by atoms with Gasteiger partial charge in [0.1, 0.15) is 17.3 Å². The number of hydrogen-bond acceptors (Lipinski definition) is 4. The fourth-order valence-corrected chi connectivity index (χ4v) is 4.93. The highest BCUT2D eigenvalue weighted by Gasteiger charge is 2.19. The fourth-order valence-electron chi connectivity index (χ4n) is 3.85. The normalized spacial score (nSPS) is 13.4. The van der Waals surface area contributed by atoms with Crippen molar-refractivity contribution in [2.45, 2.75) is 30.7 Å². The minimum Gasteiger partial charge on any atom is -0.457 e. The molecule has 0 spiro atoms. The number of aryl methyl sites for hydroxylation is 2. The van der Waals surface area contributed by atoms with Crippen molar-refractivity contribution >= 4 is 15.7 Å². The molecule has 0 saturated carbocycles. The number of sulfonamides is 1. The molecular weight excluding hydrogens is 422 g/mol. The predicted molar refractivity (Wildman–Crippen MR) is 124 cm³/mol. The zero-order valence-corrected chi connectivity index (χ0v) is 18.3. The van der Waals surface area contributed by atoms with Crippen LogP contribution in [0.1, 0.15) is 18.7 Å². The standard InChI is InChI=1S/C25H23N3O3S/c29-32(30,21-15-13-20(14-16-21)31-19-8-2-1-3-9-19)27-23-11-5-4-10-22(23)24-18-28-17-7-6-12-25(28)26-24/h1-5,8-11,13-16,18,27H,6-7,12,17H2. The topological polar surface area (TPSA) is 73.2 Å². The number of imidazole rings is 1. The van der Waals surface area contributed by atoms with Crippen LogP contribution >= 0.6 is 0 Å². The summed E-state index contributed by atoms with van der Waals surface area (Å²) in [6, 6.07) is 23.1. The van der Waals surface area contributed by atoms with Crippen LogP contribution in [0.15, 0.2) is 90.0 Å². The van der Waals surface area contributed by atoms with Crippen molar-refractivity contribution in [3.05, 3.63) is 90.9 Å². The Balaban J connectivity index is 1.38. The van der Waals surface area contributed by atoms with Gasteiger partial charge in [-0.1, -0.05) is 36.4 Å². The minimum atomic E-state index is -3.78. The van der Waals surface area contributed by atoms with Gasteiger partial charge in [0, 0.05) is 24.7 Å². The van der Waals surface area contributed by atoms with E-state index in [2.05, 4.69) is 9.29 Å². The quantitative estimate of drug-likeness (QED) is 0.427. The van der Waals surface area contributed by atoms with Crippen LogP contribution < -0.4 is 9.46 Å². The molecule has 0 atom stereocenters. The van der Waals surface area contributed by atoms with E-state index in [1.807, 2.05) is 54.7 Å². The van der Waals surface area contributed by atoms with Gasteiger partial charge in [-0.05, 0) is 55.3 Å². The molecule has 0 saturated heterocycles. The van der Waals surface area contributed by atoms with Crippen molar-refractivity contribution in [3.63, 3.8) is 0 Å². The van der Waals surface area contributed by atoms with Gasteiger partial charge in [0.05, 0.1) is 16.3 Å². The van der Waals surface area contributed by atoms with Gasteiger partial charge >= 0.3 is 0 Å². The average Bonchev–Trinajstić information content (AvgIpc) is 3.24. The van der Waals surface area contributed by atoms with Crippen LogP contribution in [0, 0.1) is 0 Å². The summed E-state index contributed by atoms with van der Waals surface area (Å²) in [6.45, 7) is 0.952.